The summed E-state index contributed by atoms with van der Waals surface area (Å²) in [6.07, 6.45) is 1.80. The molecule has 0 aromatic heterocycles. The Bertz CT molecular complexity index is 840. The molecule has 2 atom stereocenters. The molecule has 0 spiro atoms. The van der Waals surface area contributed by atoms with E-state index in [1.54, 1.807) is 7.05 Å². The van der Waals surface area contributed by atoms with Crippen molar-refractivity contribution in [2.45, 2.75) is 45.3 Å². The Labute approximate surface area is 197 Å². The van der Waals surface area contributed by atoms with Crippen molar-refractivity contribution in [2.24, 2.45) is 11.7 Å². The number of hydrogen-bond acceptors (Lipinski definition) is 5. The van der Waals surface area contributed by atoms with Crippen molar-refractivity contribution >= 4 is 11.8 Å². The summed E-state index contributed by atoms with van der Waals surface area (Å²) < 4.78 is 0. The van der Waals surface area contributed by atoms with E-state index in [1.165, 1.54) is 5.56 Å². The Morgan fingerprint density at radius 3 is 2.12 bits per heavy atom. The average molecular weight is 454 g/mol. The van der Waals surface area contributed by atoms with Crippen LogP contribution in [0.3, 0.4) is 0 Å². The highest BCUT2D eigenvalue weighted by molar-refractivity contribution is 5.82. The molecule has 0 unspecified atom stereocenters. The number of rotatable bonds is 14. The first kappa shape index (κ1) is 26.5. The van der Waals surface area contributed by atoms with Gasteiger partial charge in [-0.3, -0.25) is 14.9 Å². The quantitative estimate of drug-likeness (QED) is 0.222. The molecule has 7 heteroatoms. The summed E-state index contributed by atoms with van der Waals surface area (Å²) >= 11 is 0. The third-order valence-corrected chi connectivity index (χ3v) is 5.49. The maximum absolute atomic E-state index is 12.6. The van der Waals surface area contributed by atoms with Crippen molar-refractivity contribution in [2.75, 3.05) is 26.7 Å². The van der Waals surface area contributed by atoms with Crippen LogP contribution >= 0.6 is 0 Å². The molecule has 0 radical (unpaired) electrons. The van der Waals surface area contributed by atoms with Gasteiger partial charge in [0, 0.05) is 19.6 Å². The number of hydrogen-bond donors (Lipinski definition) is 5. The van der Waals surface area contributed by atoms with E-state index in [2.05, 4.69) is 71.5 Å². The van der Waals surface area contributed by atoms with E-state index >= 15 is 0 Å². The Morgan fingerprint density at radius 1 is 0.848 bits per heavy atom. The monoisotopic (exact) mass is 453 g/mol. The summed E-state index contributed by atoms with van der Waals surface area (Å²) in [6, 6.07) is 18.1. The van der Waals surface area contributed by atoms with Crippen LogP contribution in [0, 0.1) is 5.92 Å². The van der Waals surface area contributed by atoms with Crippen LogP contribution in [0.4, 0.5) is 0 Å². The highest BCUT2D eigenvalue weighted by atomic mass is 16.2. The molecule has 7 nitrogen and oxygen atoms in total. The lowest BCUT2D eigenvalue weighted by Crippen LogP contribution is -2.53. The minimum Gasteiger partial charge on any atom is -0.354 e. The van der Waals surface area contributed by atoms with Gasteiger partial charge in [0.1, 0.15) is 6.17 Å². The Hall–Kier alpha value is -2.74. The van der Waals surface area contributed by atoms with E-state index in [1.807, 2.05) is 18.2 Å². The SMILES string of the molecule is CN[C@H](Cc1ccc(-c2ccccc2)cc1)C(=O)NCCN[C@@H](N)C(=O)NCCCC(C)C. The lowest BCUT2D eigenvalue weighted by molar-refractivity contribution is -0.123. The fourth-order valence-corrected chi connectivity index (χ4v) is 3.49. The number of benzene rings is 2. The smallest absolute Gasteiger partial charge is 0.251 e. The van der Waals surface area contributed by atoms with Gasteiger partial charge in [0.25, 0.3) is 5.91 Å². The van der Waals surface area contributed by atoms with Crippen LogP contribution in [-0.2, 0) is 16.0 Å². The van der Waals surface area contributed by atoms with E-state index < -0.39 is 6.17 Å². The topological polar surface area (TPSA) is 108 Å². The molecule has 0 fully saturated rings. The molecule has 2 amide bonds. The summed E-state index contributed by atoms with van der Waals surface area (Å²) in [7, 11) is 1.78. The first-order valence-corrected chi connectivity index (χ1v) is 11.8. The van der Waals surface area contributed by atoms with Crippen molar-refractivity contribution in [3.05, 3.63) is 60.2 Å². The first-order valence-electron chi connectivity index (χ1n) is 11.8. The summed E-state index contributed by atoms with van der Waals surface area (Å²) in [4.78, 5) is 24.6. The zero-order chi connectivity index (χ0) is 24.1. The van der Waals surface area contributed by atoms with Crippen LogP contribution in [0.2, 0.25) is 0 Å². The summed E-state index contributed by atoms with van der Waals surface area (Å²) in [5, 5.41) is 11.8. The van der Waals surface area contributed by atoms with Gasteiger partial charge in [-0.05, 0) is 48.9 Å². The van der Waals surface area contributed by atoms with E-state index in [-0.39, 0.29) is 17.9 Å². The van der Waals surface area contributed by atoms with Crippen LogP contribution in [0.1, 0.15) is 32.3 Å². The third-order valence-electron chi connectivity index (χ3n) is 5.49. The third kappa shape index (κ3) is 9.74. The summed E-state index contributed by atoms with van der Waals surface area (Å²) in [5.74, 6) is 0.308. The van der Waals surface area contributed by atoms with E-state index in [4.69, 9.17) is 5.73 Å². The lowest BCUT2D eigenvalue weighted by atomic mass is 10.0. The highest BCUT2D eigenvalue weighted by Crippen LogP contribution is 2.19. The van der Waals surface area contributed by atoms with E-state index in [0.717, 1.165) is 24.0 Å². The molecule has 0 heterocycles. The van der Waals surface area contributed by atoms with Gasteiger partial charge in [0.15, 0.2) is 0 Å². The summed E-state index contributed by atoms with van der Waals surface area (Å²) in [5.41, 5.74) is 9.27. The van der Waals surface area contributed by atoms with Gasteiger partial charge < -0.3 is 21.7 Å². The number of likely N-dealkylation sites (N-methyl/N-ethyl adjacent to an activating group) is 1. The summed E-state index contributed by atoms with van der Waals surface area (Å²) in [6.45, 7) is 5.74. The maximum atomic E-state index is 12.6. The molecule has 0 aliphatic heterocycles. The second-order valence-corrected chi connectivity index (χ2v) is 8.66. The molecule has 33 heavy (non-hydrogen) atoms. The molecule has 6 N–H and O–H groups in total. The van der Waals surface area contributed by atoms with Gasteiger partial charge in [0.2, 0.25) is 5.91 Å². The molecule has 2 aromatic rings. The predicted molar refractivity (Wildman–Crippen MR) is 134 cm³/mol. The molecular formula is C26H39N5O2. The molecule has 2 rings (SSSR count). The van der Waals surface area contributed by atoms with Gasteiger partial charge in [-0.2, -0.15) is 0 Å². The molecule has 0 saturated carbocycles. The fraction of sp³-hybridized carbons (Fsp3) is 0.462. The number of nitrogens with one attached hydrogen (secondary N) is 4. The lowest BCUT2D eigenvalue weighted by Gasteiger charge is -2.18. The van der Waals surface area contributed by atoms with Crippen molar-refractivity contribution in [1.82, 2.24) is 21.3 Å². The van der Waals surface area contributed by atoms with Crippen LogP contribution in [0.25, 0.3) is 11.1 Å². The largest absolute Gasteiger partial charge is 0.354 e. The highest BCUT2D eigenvalue weighted by Gasteiger charge is 2.17. The van der Waals surface area contributed by atoms with Crippen LogP contribution < -0.4 is 27.0 Å². The first-order chi connectivity index (χ1) is 15.9. The van der Waals surface area contributed by atoms with Gasteiger partial charge in [-0.1, -0.05) is 68.4 Å². The zero-order valence-electron chi connectivity index (χ0n) is 20.1. The molecule has 180 valence electrons. The van der Waals surface area contributed by atoms with Crippen molar-refractivity contribution in [3.63, 3.8) is 0 Å². The van der Waals surface area contributed by atoms with Crippen LogP contribution in [0.5, 0.6) is 0 Å². The minimum atomic E-state index is -0.788. The van der Waals surface area contributed by atoms with Crippen LogP contribution in [0.15, 0.2) is 54.6 Å². The number of carbonyl (C=O) groups excluding carboxylic acids is 2. The molecular weight excluding hydrogens is 414 g/mol. The predicted octanol–water partition coefficient (Wildman–Crippen LogP) is 2.03. The normalized spacial score (nSPS) is 12.9. The molecule has 2 aromatic carbocycles. The zero-order valence-corrected chi connectivity index (χ0v) is 20.1. The molecule has 0 saturated heterocycles. The maximum Gasteiger partial charge on any atom is 0.251 e. The van der Waals surface area contributed by atoms with Crippen molar-refractivity contribution in [1.29, 1.82) is 0 Å². The standard InChI is InChI=1S/C26H39N5O2/c1-19(2)8-7-15-30-26(33)24(27)29-16-17-31-25(32)23(28-3)18-20-11-13-22(14-12-20)21-9-5-4-6-10-21/h4-6,9-14,19,23-24,28-29H,7-8,15-18,27H2,1-3H3,(H,30,33)(H,31,32)/t23-,24-/m1/s1. The molecule has 0 aliphatic rings. The van der Waals surface area contributed by atoms with Gasteiger partial charge in [-0.25, -0.2) is 0 Å². The average Bonchev–Trinajstić information content (AvgIpc) is 2.83. The molecule has 0 aliphatic carbocycles. The number of carbonyl (C=O) groups is 2. The molecule has 0 bridgehead atoms. The Balaban J connectivity index is 1.70. The Morgan fingerprint density at radius 2 is 1.48 bits per heavy atom. The van der Waals surface area contributed by atoms with Gasteiger partial charge in [-0.15, -0.1) is 0 Å². The van der Waals surface area contributed by atoms with Crippen molar-refractivity contribution in [3.8, 4) is 11.1 Å². The fourth-order valence-electron chi connectivity index (χ4n) is 3.49. The van der Waals surface area contributed by atoms with E-state index in [0.29, 0.717) is 32.0 Å². The Kier molecular flexibility index (Phi) is 11.6. The van der Waals surface area contributed by atoms with Crippen molar-refractivity contribution < 1.29 is 9.59 Å². The second kappa shape index (κ2) is 14.4. The number of nitrogens with two attached hydrogens (primary N) is 1. The van der Waals surface area contributed by atoms with Gasteiger partial charge in [0.05, 0.1) is 6.04 Å². The van der Waals surface area contributed by atoms with Gasteiger partial charge >= 0.3 is 0 Å². The second-order valence-electron chi connectivity index (χ2n) is 8.66. The minimum absolute atomic E-state index is 0.0851. The van der Waals surface area contributed by atoms with Crippen LogP contribution in [-0.4, -0.2) is 50.7 Å². The number of amides is 2. The van der Waals surface area contributed by atoms with E-state index in [9.17, 15) is 9.59 Å².